The molecule has 0 radical (unpaired) electrons. The van der Waals surface area contributed by atoms with Gasteiger partial charge in [-0.1, -0.05) is 111 Å². The number of aliphatic hydroxyl groups is 1. The highest BCUT2D eigenvalue weighted by molar-refractivity contribution is 6.74. The lowest BCUT2D eigenvalue weighted by Gasteiger charge is -2.68. The molecule has 6 rings (SSSR count). The van der Waals surface area contributed by atoms with Gasteiger partial charge in [0.25, 0.3) is 0 Å². The number of carbonyl (C=O) groups is 6. The molecule has 4 fully saturated rings. The topological polar surface area (TPSA) is 199 Å². The second-order valence-corrected chi connectivity index (χ2v) is 32.0. The van der Waals surface area contributed by atoms with E-state index in [9.17, 15) is 19.5 Å². The first-order chi connectivity index (χ1) is 33.7. The molecule has 2 N–H and O–H groups in total. The summed E-state index contributed by atoms with van der Waals surface area (Å²) in [6.07, 6.45) is -7.39. The summed E-state index contributed by atoms with van der Waals surface area (Å²) in [6.45, 7) is 25.1. The van der Waals surface area contributed by atoms with Gasteiger partial charge in [0.1, 0.15) is 29.5 Å². The molecule has 3 saturated carbocycles. The van der Waals surface area contributed by atoms with Gasteiger partial charge in [0, 0.05) is 37.0 Å². The van der Waals surface area contributed by atoms with E-state index in [1.165, 1.54) is 6.92 Å². The molecule has 1 aliphatic heterocycles. The van der Waals surface area contributed by atoms with E-state index in [0.717, 1.165) is 0 Å². The van der Waals surface area contributed by atoms with Crippen molar-refractivity contribution in [3.05, 3.63) is 71.8 Å². The molecule has 3 aliphatic carbocycles. The van der Waals surface area contributed by atoms with Crippen molar-refractivity contribution in [1.82, 2.24) is 5.32 Å². The third-order valence-electron chi connectivity index (χ3n) is 17.5. The Morgan fingerprint density at radius 3 is 1.89 bits per heavy atom. The third-order valence-corrected chi connectivity index (χ3v) is 26.7. The number of ether oxygens (including phenoxy) is 5. The standard InChI is InChI=1S/C55H81NO14Si2/c1-15-71(16-2,17-3)69-39-31-40-54(33-64-40,67-35(8)57)45-47(66-48(60)37-29-25-22-26-30-37)55(63)32-38(34(7)41(52(55,12)13)43(58)46(59)53(39,45)14)65-49(61)44(70-72(18-4,19-5)20-6)42(36-27-23-21-24-28-36)56-50(62)68-51(9,10)11/h21-30,34,38-42,44-45,47,63H,15-20,31-33H2,1-14H3,(H,56,62)/t34?,38?,39-,40+,41?,42-,44+,45-,47-,53+,54-,55+/m0/s1. The van der Waals surface area contributed by atoms with Crippen LogP contribution in [0.25, 0.3) is 0 Å². The Morgan fingerprint density at radius 2 is 1.39 bits per heavy atom. The van der Waals surface area contributed by atoms with Crippen LogP contribution in [0.15, 0.2) is 60.7 Å². The quantitative estimate of drug-likeness (QED) is 0.0619. The highest BCUT2D eigenvalue weighted by atomic mass is 28.4. The SMILES string of the molecule is CC[Si](CC)(CC)O[C@H]1C[C@H]2OC[C@@]2(OC(C)=O)[C@H]2[C@H](OC(=O)c3ccccc3)[C@]3(O)CC(OC(=O)[C@H](O[Si](CC)(CC)CC)[C@@H](NC(=O)OC(C)(C)C)c4ccccc4)C(C)C(C(=O)C(=O)[C@]12C)C3(C)C. The van der Waals surface area contributed by atoms with E-state index in [1.54, 1.807) is 103 Å². The largest absolute Gasteiger partial charge is 0.460 e. The molecule has 0 aromatic heterocycles. The Hall–Kier alpha value is -4.27. The molecule has 398 valence electrons. The number of carbonyl (C=O) groups excluding carboxylic acids is 6. The number of benzene rings is 2. The molecule has 1 heterocycles. The molecular formula is C55H81NO14Si2. The monoisotopic (exact) mass is 1040 g/mol. The first kappa shape index (κ1) is 57.0. The number of hydrogen-bond acceptors (Lipinski definition) is 14. The van der Waals surface area contributed by atoms with Crippen LogP contribution < -0.4 is 5.32 Å². The molecule has 0 spiro atoms. The van der Waals surface area contributed by atoms with Crippen molar-refractivity contribution < 1.29 is 66.4 Å². The van der Waals surface area contributed by atoms with Crippen LogP contribution in [-0.4, -0.2) is 111 Å². The van der Waals surface area contributed by atoms with Crippen LogP contribution in [0.2, 0.25) is 36.3 Å². The van der Waals surface area contributed by atoms with Crippen LogP contribution in [-0.2, 0) is 51.7 Å². The van der Waals surface area contributed by atoms with Crippen molar-refractivity contribution in [3.63, 3.8) is 0 Å². The van der Waals surface area contributed by atoms with Crippen LogP contribution in [0.4, 0.5) is 4.79 Å². The minimum absolute atomic E-state index is 0.0923. The maximum Gasteiger partial charge on any atom is 0.408 e. The van der Waals surface area contributed by atoms with Crippen LogP contribution in [0.5, 0.6) is 0 Å². The van der Waals surface area contributed by atoms with Gasteiger partial charge in [-0.2, -0.15) is 0 Å². The van der Waals surface area contributed by atoms with Gasteiger partial charge < -0.3 is 43.0 Å². The van der Waals surface area contributed by atoms with Crippen LogP contribution in [0.1, 0.15) is 132 Å². The first-order valence-corrected chi connectivity index (χ1v) is 31.3. The van der Waals surface area contributed by atoms with E-state index in [4.69, 9.17) is 32.5 Å². The predicted octanol–water partition coefficient (Wildman–Crippen LogP) is 9.46. The fraction of sp³-hybridized carbons (Fsp3) is 0.673. The van der Waals surface area contributed by atoms with Crippen molar-refractivity contribution in [2.24, 2.45) is 28.6 Å². The van der Waals surface area contributed by atoms with Gasteiger partial charge in [0.05, 0.1) is 35.6 Å². The lowest BCUT2D eigenvalue weighted by Crippen LogP contribution is -2.83. The minimum atomic E-state index is -2.73. The van der Waals surface area contributed by atoms with Gasteiger partial charge in [0.15, 0.2) is 28.3 Å². The summed E-state index contributed by atoms with van der Waals surface area (Å²) < 4.78 is 46.1. The summed E-state index contributed by atoms with van der Waals surface area (Å²) in [5, 5.41) is 17.1. The van der Waals surface area contributed by atoms with Gasteiger partial charge >= 0.3 is 24.0 Å². The maximum absolute atomic E-state index is 16.0. The van der Waals surface area contributed by atoms with E-state index >= 15 is 14.4 Å². The molecule has 17 heteroatoms. The molecule has 2 aromatic rings. The number of fused-ring (bicyclic) bond motifs is 5. The van der Waals surface area contributed by atoms with Gasteiger partial charge in [-0.15, -0.1) is 0 Å². The van der Waals surface area contributed by atoms with Crippen LogP contribution >= 0.6 is 0 Å². The zero-order valence-electron chi connectivity index (χ0n) is 45.1. The summed E-state index contributed by atoms with van der Waals surface area (Å²) in [5.41, 5.74) is -7.58. The lowest BCUT2D eigenvalue weighted by atomic mass is 9.42. The number of ketones is 2. The summed E-state index contributed by atoms with van der Waals surface area (Å²) >= 11 is 0. The summed E-state index contributed by atoms with van der Waals surface area (Å²) in [5.74, 6) is -7.68. The van der Waals surface area contributed by atoms with Crippen molar-refractivity contribution in [2.75, 3.05) is 6.61 Å². The van der Waals surface area contributed by atoms with Crippen LogP contribution in [0, 0.1) is 28.6 Å². The molecule has 72 heavy (non-hydrogen) atoms. The Kier molecular flexibility index (Phi) is 17.0. The second kappa shape index (κ2) is 21.5. The smallest absolute Gasteiger partial charge is 0.408 e. The lowest BCUT2D eigenvalue weighted by molar-refractivity contribution is -0.348. The molecule has 1 saturated heterocycles. The summed E-state index contributed by atoms with van der Waals surface area (Å²) in [4.78, 5) is 89.1. The Morgan fingerprint density at radius 1 is 0.833 bits per heavy atom. The van der Waals surface area contributed by atoms with Gasteiger partial charge in [-0.25, -0.2) is 14.4 Å². The average Bonchev–Trinajstić information content (AvgIpc) is 3.33. The Bertz CT molecular complexity index is 2280. The maximum atomic E-state index is 16.0. The number of hydrogen-bond donors (Lipinski definition) is 2. The van der Waals surface area contributed by atoms with Crippen molar-refractivity contribution in [3.8, 4) is 0 Å². The highest BCUT2D eigenvalue weighted by Crippen LogP contribution is 2.65. The van der Waals surface area contributed by atoms with Crippen molar-refractivity contribution in [1.29, 1.82) is 0 Å². The number of Topliss-reactive ketones (excluding diaryl/α,β-unsaturated/α-hetero) is 2. The molecule has 4 aliphatic rings. The number of esters is 3. The van der Waals surface area contributed by atoms with E-state index in [2.05, 4.69) is 26.1 Å². The normalized spacial score (nSPS) is 31.0. The first-order valence-electron chi connectivity index (χ1n) is 26.2. The molecular weight excluding hydrogens is 955 g/mol. The zero-order chi connectivity index (χ0) is 53.4. The summed E-state index contributed by atoms with van der Waals surface area (Å²) in [7, 11) is -5.34. The van der Waals surface area contributed by atoms with Gasteiger partial charge in [-0.3, -0.25) is 14.4 Å². The Labute approximate surface area is 428 Å². The molecule has 2 bridgehead atoms. The number of nitrogens with one attached hydrogen (secondary N) is 1. The highest BCUT2D eigenvalue weighted by Gasteiger charge is 2.79. The van der Waals surface area contributed by atoms with E-state index in [-0.39, 0.29) is 18.6 Å². The van der Waals surface area contributed by atoms with E-state index in [1.807, 2.05) is 26.8 Å². The number of amides is 1. The number of rotatable bonds is 18. The molecule has 15 nitrogen and oxygen atoms in total. The fourth-order valence-electron chi connectivity index (χ4n) is 12.7. The fourth-order valence-corrected chi connectivity index (χ4v) is 18.4. The van der Waals surface area contributed by atoms with E-state index < -0.39 is 141 Å². The average molecular weight is 1040 g/mol. The minimum Gasteiger partial charge on any atom is -0.460 e. The van der Waals surface area contributed by atoms with Gasteiger partial charge in [-0.05, 0) is 81.7 Å². The third kappa shape index (κ3) is 10.3. The zero-order valence-corrected chi connectivity index (χ0v) is 47.1. The van der Waals surface area contributed by atoms with Crippen molar-refractivity contribution >= 4 is 52.2 Å². The molecule has 1 amide bonds. The molecule has 12 atom stereocenters. The molecule has 3 unspecified atom stereocenters. The predicted molar refractivity (Wildman–Crippen MR) is 275 cm³/mol. The Balaban J connectivity index is 1.58. The van der Waals surface area contributed by atoms with E-state index in [0.29, 0.717) is 41.8 Å². The summed E-state index contributed by atoms with van der Waals surface area (Å²) in [6, 6.07) is 20.0. The number of alkyl carbamates (subject to hydrolysis) is 1. The molecule has 2 aromatic carbocycles. The van der Waals surface area contributed by atoms with Gasteiger partial charge in [0.2, 0.25) is 11.6 Å². The van der Waals surface area contributed by atoms with Crippen molar-refractivity contribution in [2.45, 2.75) is 199 Å². The van der Waals surface area contributed by atoms with Crippen LogP contribution in [0.3, 0.4) is 0 Å². The second-order valence-electron chi connectivity index (χ2n) is 22.6.